The third-order valence-electron chi connectivity index (χ3n) is 7.64. The monoisotopic (exact) mass is 487 g/mol. The first-order chi connectivity index (χ1) is 17.7. The molecule has 2 heteroatoms. The van der Waals surface area contributed by atoms with Crippen molar-refractivity contribution < 1.29 is 4.57 Å². The highest BCUT2D eigenvalue weighted by atomic mass is 15.2. The Kier molecular flexibility index (Phi) is 6.54. The molecule has 0 saturated carbocycles. The van der Waals surface area contributed by atoms with Gasteiger partial charge in [0.1, 0.15) is 5.69 Å². The van der Waals surface area contributed by atoms with Crippen molar-refractivity contribution in [2.24, 2.45) is 7.05 Å². The molecule has 1 aromatic heterocycles. The van der Waals surface area contributed by atoms with Crippen LogP contribution in [0, 0.1) is 20.8 Å². The molecule has 0 aliphatic rings. The highest BCUT2D eigenvalue weighted by molar-refractivity contribution is 5.79. The number of aromatic nitrogens is 2. The van der Waals surface area contributed by atoms with Gasteiger partial charge in [0.25, 0.3) is 5.82 Å². The van der Waals surface area contributed by atoms with Crippen LogP contribution in [0.15, 0.2) is 78.9 Å². The molecule has 0 radical (unpaired) electrons. The Labute approximate surface area is 222 Å². The molecule has 0 bridgehead atoms. The fraction of sp³-hybridized carbons (Fsp3) is 0.286. The first-order valence-corrected chi connectivity index (χ1v) is 13.5. The van der Waals surface area contributed by atoms with Gasteiger partial charge in [-0.15, -0.1) is 0 Å². The summed E-state index contributed by atoms with van der Waals surface area (Å²) >= 11 is 0. The lowest BCUT2D eigenvalue weighted by Crippen LogP contribution is -2.36. The van der Waals surface area contributed by atoms with Crippen molar-refractivity contribution in [1.29, 1.82) is 0 Å². The van der Waals surface area contributed by atoms with Crippen LogP contribution >= 0.6 is 0 Å². The third-order valence-corrected chi connectivity index (χ3v) is 7.64. The van der Waals surface area contributed by atoms with E-state index in [0.29, 0.717) is 11.8 Å². The van der Waals surface area contributed by atoms with Crippen molar-refractivity contribution in [3.8, 4) is 28.2 Å². The van der Waals surface area contributed by atoms with Crippen LogP contribution in [0.5, 0.6) is 0 Å². The first kappa shape index (κ1) is 25.0. The number of hydrogen-bond acceptors (Lipinski definition) is 0. The maximum atomic E-state index is 2.55. The summed E-state index contributed by atoms with van der Waals surface area (Å²) in [5.74, 6) is 1.98. The molecule has 5 aromatic rings. The second-order valence-electron chi connectivity index (χ2n) is 11.2. The van der Waals surface area contributed by atoms with Crippen LogP contribution in [0.2, 0.25) is 0 Å². The van der Waals surface area contributed by atoms with Crippen LogP contribution in [0.3, 0.4) is 0 Å². The zero-order chi connectivity index (χ0) is 26.4. The van der Waals surface area contributed by atoms with Crippen LogP contribution in [0.1, 0.15) is 67.3 Å². The van der Waals surface area contributed by atoms with Gasteiger partial charge in [0.2, 0.25) is 0 Å². The minimum atomic E-state index is 0.371. The Hall–Kier alpha value is -3.65. The molecular weight excluding hydrogens is 448 g/mol. The number of imidazole rings is 1. The van der Waals surface area contributed by atoms with Gasteiger partial charge >= 0.3 is 0 Å². The Morgan fingerprint density at radius 3 is 1.86 bits per heavy atom. The summed E-state index contributed by atoms with van der Waals surface area (Å²) in [4.78, 5) is 0. The van der Waals surface area contributed by atoms with E-state index in [-0.39, 0.29) is 0 Å². The smallest absolute Gasteiger partial charge is 0.225 e. The van der Waals surface area contributed by atoms with Gasteiger partial charge in [-0.3, -0.25) is 0 Å². The van der Waals surface area contributed by atoms with Crippen molar-refractivity contribution in [2.75, 3.05) is 0 Å². The fourth-order valence-corrected chi connectivity index (χ4v) is 5.59. The highest BCUT2D eigenvalue weighted by Gasteiger charge is 2.32. The molecule has 0 aliphatic carbocycles. The SMILES string of the molecule is Cc1ccc(C)c(-c2n(C)c3cc(C)ccc3[n+]2-c2c(C(C)C)cc(-c3ccccc3)cc2C(C)C)c1. The molecule has 0 unspecified atom stereocenters. The summed E-state index contributed by atoms with van der Waals surface area (Å²) in [6.07, 6.45) is 0. The van der Waals surface area contributed by atoms with Crippen LogP contribution in [-0.2, 0) is 7.05 Å². The second kappa shape index (κ2) is 9.67. The van der Waals surface area contributed by atoms with Crippen molar-refractivity contribution in [3.63, 3.8) is 0 Å². The molecule has 0 spiro atoms. The lowest BCUT2D eigenvalue weighted by atomic mass is 9.88. The summed E-state index contributed by atoms with van der Waals surface area (Å²) in [5.41, 5.74) is 14.3. The van der Waals surface area contributed by atoms with Gasteiger partial charge in [-0.05, 0) is 85.2 Å². The summed E-state index contributed by atoms with van der Waals surface area (Å²) in [7, 11) is 2.22. The number of benzene rings is 4. The summed E-state index contributed by atoms with van der Waals surface area (Å²) < 4.78 is 4.94. The van der Waals surface area contributed by atoms with E-state index in [0.717, 1.165) is 0 Å². The molecule has 0 saturated heterocycles. The van der Waals surface area contributed by atoms with Crippen molar-refractivity contribution in [2.45, 2.75) is 60.3 Å². The summed E-state index contributed by atoms with van der Waals surface area (Å²) in [5, 5.41) is 0. The van der Waals surface area contributed by atoms with Gasteiger partial charge in [0, 0.05) is 11.1 Å². The quantitative estimate of drug-likeness (QED) is 0.219. The molecular formula is C35H39N2+. The Morgan fingerprint density at radius 2 is 1.24 bits per heavy atom. The van der Waals surface area contributed by atoms with Crippen LogP contribution in [0.4, 0.5) is 0 Å². The molecule has 0 amide bonds. The van der Waals surface area contributed by atoms with Gasteiger partial charge in [-0.2, -0.15) is 4.57 Å². The molecule has 5 rings (SSSR count). The third kappa shape index (κ3) is 4.39. The van der Waals surface area contributed by atoms with E-state index in [4.69, 9.17) is 0 Å². The molecule has 0 fully saturated rings. The number of fused-ring (bicyclic) bond motifs is 1. The number of hydrogen-bond donors (Lipinski definition) is 0. The van der Waals surface area contributed by atoms with E-state index >= 15 is 0 Å². The van der Waals surface area contributed by atoms with Gasteiger partial charge in [0.05, 0.1) is 12.6 Å². The average molecular weight is 488 g/mol. The van der Waals surface area contributed by atoms with Gasteiger partial charge in [0.15, 0.2) is 11.0 Å². The normalized spacial score (nSPS) is 11.7. The number of aryl methyl sites for hydroxylation is 4. The van der Waals surface area contributed by atoms with E-state index in [2.05, 4.69) is 144 Å². The lowest BCUT2D eigenvalue weighted by molar-refractivity contribution is -0.557. The maximum absolute atomic E-state index is 2.55. The van der Waals surface area contributed by atoms with E-state index in [1.807, 2.05) is 0 Å². The van der Waals surface area contributed by atoms with Gasteiger partial charge in [-0.25, -0.2) is 4.57 Å². The van der Waals surface area contributed by atoms with E-state index in [9.17, 15) is 0 Å². The minimum Gasteiger partial charge on any atom is -0.225 e. The Balaban J connectivity index is 1.96. The van der Waals surface area contributed by atoms with Crippen LogP contribution in [-0.4, -0.2) is 4.57 Å². The van der Waals surface area contributed by atoms with Crippen molar-refractivity contribution in [3.05, 3.63) is 107 Å². The fourth-order valence-electron chi connectivity index (χ4n) is 5.59. The highest BCUT2D eigenvalue weighted by Crippen LogP contribution is 2.37. The maximum Gasteiger partial charge on any atom is 0.295 e. The molecule has 37 heavy (non-hydrogen) atoms. The van der Waals surface area contributed by atoms with Crippen molar-refractivity contribution in [1.82, 2.24) is 4.57 Å². The molecule has 4 aromatic carbocycles. The first-order valence-electron chi connectivity index (χ1n) is 13.5. The molecule has 188 valence electrons. The van der Waals surface area contributed by atoms with E-state index < -0.39 is 0 Å². The lowest BCUT2D eigenvalue weighted by Gasteiger charge is -2.21. The van der Waals surface area contributed by atoms with E-state index in [1.165, 1.54) is 67.1 Å². The molecule has 2 nitrogen and oxygen atoms in total. The van der Waals surface area contributed by atoms with E-state index in [1.54, 1.807) is 0 Å². The van der Waals surface area contributed by atoms with Gasteiger partial charge < -0.3 is 0 Å². The largest absolute Gasteiger partial charge is 0.295 e. The zero-order valence-corrected chi connectivity index (χ0v) is 23.6. The predicted octanol–water partition coefficient (Wildman–Crippen LogP) is 8.96. The standard InChI is InChI=1S/C35H39N2/c1-22(2)29-20-28(27-12-10-9-11-13-27)21-30(23(3)4)34(29)37-32-17-15-25(6)19-33(32)36(8)35(37)31-18-24(5)14-16-26(31)7/h9-23H,1-8H3/q+1. The topological polar surface area (TPSA) is 8.81 Å². The summed E-state index contributed by atoms with van der Waals surface area (Å²) in [6.45, 7) is 15.9. The molecule has 0 aliphatic heterocycles. The Morgan fingerprint density at radius 1 is 0.649 bits per heavy atom. The van der Waals surface area contributed by atoms with Crippen LogP contribution in [0.25, 0.3) is 39.2 Å². The molecule has 0 atom stereocenters. The number of rotatable bonds is 5. The zero-order valence-electron chi connectivity index (χ0n) is 23.6. The predicted molar refractivity (Wildman–Crippen MR) is 158 cm³/mol. The second-order valence-corrected chi connectivity index (χ2v) is 11.2. The average Bonchev–Trinajstić information content (AvgIpc) is 3.16. The minimum absolute atomic E-state index is 0.371. The van der Waals surface area contributed by atoms with Crippen LogP contribution < -0.4 is 4.57 Å². The Bertz CT molecular complexity index is 1570. The molecule has 0 N–H and O–H groups in total. The number of nitrogens with zero attached hydrogens (tertiary/aromatic N) is 2. The summed E-state index contributed by atoms with van der Waals surface area (Å²) in [6, 6.07) is 29.3. The molecule has 1 heterocycles. The van der Waals surface area contributed by atoms with Crippen molar-refractivity contribution >= 4 is 11.0 Å². The van der Waals surface area contributed by atoms with Gasteiger partial charge in [-0.1, -0.05) is 81.8 Å².